The Morgan fingerprint density at radius 1 is 1.17 bits per heavy atom. The van der Waals surface area contributed by atoms with E-state index in [1.165, 1.54) is 0 Å². The summed E-state index contributed by atoms with van der Waals surface area (Å²) in [5.74, 6) is 0.392. The summed E-state index contributed by atoms with van der Waals surface area (Å²) in [5, 5.41) is 2.79. The summed E-state index contributed by atoms with van der Waals surface area (Å²) in [5.41, 5.74) is 1.34. The van der Waals surface area contributed by atoms with E-state index in [1.54, 1.807) is 37.3 Å². The van der Waals surface area contributed by atoms with Crippen LogP contribution in [-0.2, 0) is 4.79 Å². The van der Waals surface area contributed by atoms with Crippen LogP contribution < -0.4 is 10.1 Å². The number of carbonyl (C=O) groups is 2. The van der Waals surface area contributed by atoms with E-state index in [9.17, 15) is 9.59 Å². The lowest BCUT2D eigenvalue weighted by atomic mass is 10.1. The Labute approximate surface area is 144 Å². The lowest BCUT2D eigenvalue weighted by Crippen LogP contribution is -2.30. The van der Waals surface area contributed by atoms with Gasteiger partial charge in [-0.2, -0.15) is 0 Å². The molecule has 0 aliphatic rings. The van der Waals surface area contributed by atoms with Gasteiger partial charge < -0.3 is 10.1 Å². The Morgan fingerprint density at radius 2 is 1.87 bits per heavy atom. The third-order valence-corrected chi connectivity index (χ3v) is 3.76. The second-order valence-corrected chi connectivity index (χ2v) is 5.98. The second kappa shape index (κ2) is 7.92. The van der Waals surface area contributed by atoms with Crippen LogP contribution in [0.3, 0.4) is 0 Å². The van der Waals surface area contributed by atoms with E-state index in [-0.39, 0.29) is 11.7 Å². The number of ketones is 1. The molecule has 5 heteroatoms. The van der Waals surface area contributed by atoms with Crippen molar-refractivity contribution in [1.82, 2.24) is 0 Å². The largest absolute Gasteiger partial charge is 0.481 e. The molecule has 1 N–H and O–H groups in total. The van der Waals surface area contributed by atoms with Crippen LogP contribution in [0.15, 0.2) is 53.0 Å². The smallest absolute Gasteiger partial charge is 0.265 e. The number of nitrogens with one attached hydrogen (secondary N) is 1. The second-order valence-electron chi connectivity index (χ2n) is 5.06. The fourth-order valence-electron chi connectivity index (χ4n) is 1.99. The van der Waals surface area contributed by atoms with Crippen molar-refractivity contribution in [2.24, 2.45) is 0 Å². The van der Waals surface area contributed by atoms with E-state index in [0.29, 0.717) is 23.4 Å². The molecule has 0 aliphatic carbocycles. The summed E-state index contributed by atoms with van der Waals surface area (Å²) in [6.07, 6.45) is -0.187. The van der Waals surface area contributed by atoms with Crippen molar-refractivity contribution in [3.63, 3.8) is 0 Å². The zero-order valence-corrected chi connectivity index (χ0v) is 14.6. The number of carbonyl (C=O) groups excluding carboxylic acids is 2. The standard InChI is InChI=1S/C18H18BrNO3/c1-3-17(21)13-7-9-16(10-8-13)23-12(2)18(22)20-15-6-4-5-14(19)11-15/h4-12H,3H2,1-2H3,(H,20,22)/t12-/m1/s1. The molecular formula is C18H18BrNO3. The molecule has 0 bridgehead atoms. The van der Waals surface area contributed by atoms with E-state index in [0.717, 1.165) is 4.47 Å². The van der Waals surface area contributed by atoms with Gasteiger partial charge in [-0.15, -0.1) is 0 Å². The summed E-state index contributed by atoms with van der Waals surface area (Å²) in [6, 6.07) is 14.2. The minimum Gasteiger partial charge on any atom is -0.481 e. The number of hydrogen-bond acceptors (Lipinski definition) is 3. The normalized spacial score (nSPS) is 11.6. The van der Waals surface area contributed by atoms with Gasteiger partial charge in [-0.1, -0.05) is 28.9 Å². The fourth-order valence-corrected chi connectivity index (χ4v) is 2.39. The van der Waals surface area contributed by atoms with Crippen LogP contribution in [0.2, 0.25) is 0 Å². The van der Waals surface area contributed by atoms with Gasteiger partial charge in [0.15, 0.2) is 11.9 Å². The molecular weight excluding hydrogens is 358 g/mol. The van der Waals surface area contributed by atoms with Crippen LogP contribution in [0.5, 0.6) is 5.75 Å². The summed E-state index contributed by atoms with van der Waals surface area (Å²) >= 11 is 3.36. The topological polar surface area (TPSA) is 55.4 Å². The highest BCUT2D eigenvalue weighted by atomic mass is 79.9. The highest BCUT2D eigenvalue weighted by Gasteiger charge is 2.15. The summed E-state index contributed by atoms with van der Waals surface area (Å²) in [4.78, 5) is 23.7. The Hall–Kier alpha value is -2.14. The summed E-state index contributed by atoms with van der Waals surface area (Å²) in [6.45, 7) is 3.50. The molecule has 1 amide bonds. The molecule has 120 valence electrons. The van der Waals surface area contributed by atoms with Gasteiger partial charge >= 0.3 is 0 Å². The predicted molar refractivity (Wildman–Crippen MR) is 93.9 cm³/mol. The van der Waals surface area contributed by atoms with Gasteiger partial charge in [0, 0.05) is 22.1 Å². The summed E-state index contributed by atoms with van der Waals surface area (Å²) in [7, 11) is 0. The van der Waals surface area contributed by atoms with Crippen molar-refractivity contribution in [3.05, 3.63) is 58.6 Å². The first kappa shape index (κ1) is 17.2. The first-order valence-corrected chi connectivity index (χ1v) is 8.15. The van der Waals surface area contributed by atoms with Crippen LogP contribution in [0.25, 0.3) is 0 Å². The molecule has 2 aromatic carbocycles. The number of hydrogen-bond donors (Lipinski definition) is 1. The Balaban J connectivity index is 1.96. The highest BCUT2D eigenvalue weighted by molar-refractivity contribution is 9.10. The molecule has 0 saturated heterocycles. The number of benzene rings is 2. The average molecular weight is 376 g/mol. The van der Waals surface area contributed by atoms with E-state index in [2.05, 4.69) is 21.2 Å². The molecule has 0 radical (unpaired) electrons. The summed E-state index contributed by atoms with van der Waals surface area (Å²) < 4.78 is 6.50. The van der Waals surface area contributed by atoms with Gasteiger partial charge in [0.25, 0.3) is 5.91 Å². The lowest BCUT2D eigenvalue weighted by Gasteiger charge is -2.15. The molecule has 0 spiro atoms. The van der Waals surface area contributed by atoms with E-state index in [4.69, 9.17) is 4.74 Å². The van der Waals surface area contributed by atoms with Crippen molar-refractivity contribution < 1.29 is 14.3 Å². The molecule has 2 rings (SSSR count). The van der Waals surface area contributed by atoms with Gasteiger partial charge in [0.2, 0.25) is 0 Å². The van der Waals surface area contributed by atoms with Gasteiger partial charge in [0.05, 0.1) is 0 Å². The monoisotopic (exact) mass is 375 g/mol. The van der Waals surface area contributed by atoms with Gasteiger partial charge in [-0.3, -0.25) is 9.59 Å². The fraction of sp³-hybridized carbons (Fsp3) is 0.222. The highest BCUT2D eigenvalue weighted by Crippen LogP contribution is 2.18. The number of anilines is 1. The lowest BCUT2D eigenvalue weighted by molar-refractivity contribution is -0.122. The molecule has 0 heterocycles. The molecule has 2 aromatic rings. The number of ether oxygens (including phenoxy) is 1. The van der Waals surface area contributed by atoms with Gasteiger partial charge in [-0.05, 0) is 49.4 Å². The first-order chi connectivity index (χ1) is 11.0. The molecule has 0 unspecified atom stereocenters. The SMILES string of the molecule is CCC(=O)c1ccc(O[C@H](C)C(=O)Nc2cccc(Br)c2)cc1. The van der Waals surface area contributed by atoms with Crippen LogP contribution in [0.4, 0.5) is 5.69 Å². The molecule has 23 heavy (non-hydrogen) atoms. The minimum absolute atomic E-state index is 0.0806. The van der Waals surface area contributed by atoms with E-state index >= 15 is 0 Å². The maximum absolute atomic E-state index is 12.1. The minimum atomic E-state index is -0.651. The third-order valence-electron chi connectivity index (χ3n) is 3.27. The van der Waals surface area contributed by atoms with E-state index < -0.39 is 6.10 Å². The Morgan fingerprint density at radius 3 is 2.48 bits per heavy atom. The molecule has 0 saturated carbocycles. The third kappa shape index (κ3) is 4.93. The van der Waals surface area contributed by atoms with Crippen molar-refractivity contribution in [1.29, 1.82) is 0 Å². The number of halogens is 1. The maximum atomic E-state index is 12.1. The number of Topliss-reactive ketones (excluding diaryl/α,β-unsaturated/α-hetero) is 1. The molecule has 1 atom stereocenters. The van der Waals surface area contributed by atoms with Crippen LogP contribution in [0, 0.1) is 0 Å². The number of amides is 1. The van der Waals surface area contributed by atoms with Crippen LogP contribution >= 0.6 is 15.9 Å². The molecule has 0 aliphatic heterocycles. The van der Waals surface area contributed by atoms with Crippen molar-refractivity contribution >= 4 is 33.3 Å². The Kier molecular flexibility index (Phi) is 5.93. The Bertz CT molecular complexity index is 698. The van der Waals surface area contributed by atoms with Gasteiger partial charge in [-0.25, -0.2) is 0 Å². The van der Waals surface area contributed by atoms with Crippen molar-refractivity contribution in [2.45, 2.75) is 26.4 Å². The quantitative estimate of drug-likeness (QED) is 0.758. The zero-order chi connectivity index (χ0) is 16.8. The molecule has 0 fully saturated rings. The first-order valence-electron chi connectivity index (χ1n) is 7.36. The van der Waals surface area contributed by atoms with Gasteiger partial charge in [0.1, 0.15) is 5.75 Å². The molecule has 0 aromatic heterocycles. The predicted octanol–water partition coefficient (Wildman–Crippen LogP) is 4.45. The maximum Gasteiger partial charge on any atom is 0.265 e. The van der Waals surface area contributed by atoms with Crippen molar-refractivity contribution in [3.8, 4) is 5.75 Å². The van der Waals surface area contributed by atoms with Crippen LogP contribution in [-0.4, -0.2) is 17.8 Å². The van der Waals surface area contributed by atoms with E-state index in [1.807, 2.05) is 25.1 Å². The molecule has 4 nitrogen and oxygen atoms in total. The number of rotatable bonds is 6. The van der Waals surface area contributed by atoms with Crippen LogP contribution in [0.1, 0.15) is 30.6 Å². The zero-order valence-electron chi connectivity index (χ0n) is 13.0. The average Bonchev–Trinajstić information content (AvgIpc) is 2.54. The van der Waals surface area contributed by atoms with Crippen molar-refractivity contribution in [2.75, 3.05) is 5.32 Å².